The minimum Gasteiger partial charge on any atom is -0.467 e. The number of carbonyl (C=O) groups excluding carboxylic acids is 1. The summed E-state index contributed by atoms with van der Waals surface area (Å²) < 4.78 is 4.92. The highest BCUT2D eigenvalue weighted by Gasteiger charge is 2.24. The van der Waals surface area contributed by atoms with E-state index in [1.807, 2.05) is 31.2 Å². The molecule has 2 aromatic carbocycles. The largest absolute Gasteiger partial charge is 0.467 e. The number of rotatable bonds is 7. The summed E-state index contributed by atoms with van der Waals surface area (Å²) in [7, 11) is 1.33. The van der Waals surface area contributed by atoms with Gasteiger partial charge >= 0.3 is 5.97 Å². The molecule has 1 N–H and O–H groups in total. The number of esters is 1. The van der Waals surface area contributed by atoms with Crippen LogP contribution < -0.4 is 5.32 Å². The van der Waals surface area contributed by atoms with E-state index in [2.05, 4.69) is 10.3 Å². The number of pyridine rings is 1. The Kier molecular flexibility index (Phi) is 5.75. The molecule has 1 aromatic heterocycles. The Morgan fingerprint density at radius 2 is 2.00 bits per heavy atom. The molecule has 0 fully saturated rings. The van der Waals surface area contributed by atoms with E-state index >= 15 is 0 Å². The van der Waals surface area contributed by atoms with Crippen LogP contribution in [0.25, 0.3) is 21.8 Å². The predicted molar refractivity (Wildman–Crippen MR) is 108 cm³/mol. The summed E-state index contributed by atoms with van der Waals surface area (Å²) in [6.07, 6.45) is 0. The van der Waals surface area contributed by atoms with E-state index in [0.29, 0.717) is 27.9 Å². The standard InChI is InChI=1S/C19H19N3O4S/c1-3-27-11-15(19(23)26-2)21-18-12-7-4-5-8-13(12)20-14-9-6-10-16(17(14)18)22(24)25/h4-10,15H,3,11H2,1-2H3,(H,20,21)/t15-/m0/s1. The summed E-state index contributed by atoms with van der Waals surface area (Å²) in [5.74, 6) is 0.915. The molecule has 0 aliphatic heterocycles. The number of hydrogen-bond acceptors (Lipinski definition) is 7. The van der Waals surface area contributed by atoms with Crippen molar-refractivity contribution in [2.45, 2.75) is 13.0 Å². The van der Waals surface area contributed by atoms with Crippen LogP contribution in [-0.2, 0) is 9.53 Å². The van der Waals surface area contributed by atoms with E-state index in [-0.39, 0.29) is 5.69 Å². The minimum atomic E-state index is -0.631. The number of nitro benzene ring substituents is 1. The zero-order chi connectivity index (χ0) is 19.4. The van der Waals surface area contributed by atoms with Crippen LogP contribution in [0.3, 0.4) is 0 Å². The summed E-state index contributed by atoms with van der Waals surface area (Å²) in [6, 6.07) is 11.5. The fourth-order valence-corrected chi connectivity index (χ4v) is 3.64. The second-order valence-electron chi connectivity index (χ2n) is 5.81. The topological polar surface area (TPSA) is 94.4 Å². The van der Waals surface area contributed by atoms with Crippen LogP contribution in [0.5, 0.6) is 0 Å². The van der Waals surface area contributed by atoms with Gasteiger partial charge in [0.05, 0.1) is 28.8 Å². The Morgan fingerprint density at radius 1 is 1.26 bits per heavy atom. The van der Waals surface area contributed by atoms with Crippen molar-refractivity contribution in [2.24, 2.45) is 0 Å². The molecular formula is C19H19N3O4S. The smallest absolute Gasteiger partial charge is 0.329 e. The average Bonchev–Trinajstić information content (AvgIpc) is 2.69. The fraction of sp³-hybridized carbons (Fsp3) is 0.263. The zero-order valence-corrected chi connectivity index (χ0v) is 15.8. The molecule has 0 amide bonds. The van der Waals surface area contributed by atoms with Gasteiger partial charge in [-0.3, -0.25) is 10.1 Å². The van der Waals surface area contributed by atoms with E-state index < -0.39 is 16.9 Å². The Balaban J connectivity index is 2.26. The lowest BCUT2D eigenvalue weighted by Crippen LogP contribution is -2.33. The number of methoxy groups -OCH3 is 1. The number of nitrogens with zero attached hydrogens (tertiary/aromatic N) is 2. The Labute approximate surface area is 160 Å². The summed E-state index contributed by atoms with van der Waals surface area (Å²) in [5.41, 5.74) is 1.66. The highest BCUT2D eigenvalue weighted by atomic mass is 32.2. The molecule has 140 valence electrons. The van der Waals surface area contributed by atoms with E-state index in [1.54, 1.807) is 23.9 Å². The molecule has 0 spiro atoms. The van der Waals surface area contributed by atoms with Crippen molar-refractivity contribution in [1.29, 1.82) is 0 Å². The third-order valence-corrected chi connectivity index (χ3v) is 5.15. The van der Waals surface area contributed by atoms with Gasteiger partial charge < -0.3 is 10.1 Å². The van der Waals surface area contributed by atoms with Crippen molar-refractivity contribution in [3.8, 4) is 0 Å². The minimum absolute atomic E-state index is 0.0555. The van der Waals surface area contributed by atoms with Gasteiger partial charge in [0, 0.05) is 17.2 Å². The van der Waals surface area contributed by atoms with Crippen LogP contribution >= 0.6 is 11.8 Å². The van der Waals surface area contributed by atoms with Gasteiger partial charge in [-0.25, -0.2) is 9.78 Å². The second kappa shape index (κ2) is 8.22. The van der Waals surface area contributed by atoms with E-state index in [4.69, 9.17) is 4.74 Å². The summed E-state index contributed by atoms with van der Waals surface area (Å²) >= 11 is 1.59. The number of nitrogens with one attached hydrogen (secondary N) is 1. The van der Waals surface area contributed by atoms with Crippen LogP contribution in [0.4, 0.5) is 11.4 Å². The maximum atomic E-state index is 12.3. The number of ether oxygens (including phenoxy) is 1. The molecule has 0 aliphatic carbocycles. The second-order valence-corrected chi connectivity index (χ2v) is 7.13. The van der Waals surface area contributed by atoms with Gasteiger partial charge in [-0.2, -0.15) is 11.8 Å². The van der Waals surface area contributed by atoms with Crippen molar-refractivity contribution >= 4 is 50.9 Å². The SMILES string of the molecule is CCSC[C@H](Nc1c2ccccc2nc2cccc([N+](=O)[O-])c12)C(=O)OC. The van der Waals surface area contributed by atoms with E-state index in [0.717, 1.165) is 11.1 Å². The highest BCUT2D eigenvalue weighted by molar-refractivity contribution is 7.99. The molecule has 0 unspecified atom stereocenters. The lowest BCUT2D eigenvalue weighted by atomic mass is 10.1. The van der Waals surface area contributed by atoms with Crippen LogP contribution in [-0.4, -0.2) is 40.5 Å². The summed E-state index contributed by atoms with van der Waals surface area (Å²) in [4.78, 5) is 28.0. The van der Waals surface area contributed by atoms with Gasteiger partial charge in [0.15, 0.2) is 0 Å². The molecule has 27 heavy (non-hydrogen) atoms. The van der Waals surface area contributed by atoms with E-state index in [1.165, 1.54) is 13.2 Å². The van der Waals surface area contributed by atoms with E-state index in [9.17, 15) is 14.9 Å². The third kappa shape index (κ3) is 3.80. The van der Waals surface area contributed by atoms with Crippen molar-refractivity contribution in [2.75, 3.05) is 23.9 Å². The number of nitro groups is 1. The number of para-hydroxylation sites is 1. The Morgan fingerprint density at radius 3 is 2.70 bits per heavy atom. The number of carbonyl (C=O) groups is 1. The van der Waals surface area contributed by atoms with Crippen molar-refractivity contribution in [3.05, 3.63) is 52.6 Å². The van der Waals surface area contributed by atoms with Gasteiger partial charge in [0.2, 0.25) is 0 Å². The molecular weight excluding hydrogens is 366 g/mol. The Hall–Kier alpha value is -2.87. The van der Waals surface area contributed by atoms with Gasteiger partial charge in [0.1, 0.15) is 11.4 Å². The highest BCUT2D eigenvalue weighted by Crippen LogP contribution is 2.37. The van der Waals surface area contributed by atoms with Crippen molar-refractivity contribution in [1.82, 2.24) is 4.98 Å². The van der Waals surface area contributed by atoms with Crippen LogP contribution in [0.15, 0.2) is 42.5 Å². The molecule has 1 atom stereocenters. The number of thioether (sulfide) groups is 1. The lowest BCUT2D eigenvalue weighted by Gasteiger charge is -2.20. The fourth-order valence-electron chi connectivity index (χ4n) is 2.95. The number of non-ortho nitro benzene ring substituents is 1. The van der Waals surface area contributed by atoms with Crippen molar-refractivity contribution < 1.29 is 14.5 Å². The molecule has 1 heterocycles. The first kappa shape index (κ1) is 18.9. The first-order chi connectivity index (χ1) is 13.1. The number of anilines is 1. The number of hydrogen-bond donors (Lipinski definition) is 1. The maximum Gasteiger partial charge on any atom is 0.329 e. The molecule has 7 nitrogen and oxygen atoms in total. The monoisotopic (exact) mass is 385 g/mol. The predicted octanol–water partition coefficient (Wildman–Crippen LogP) is 4.00. The first-order valence-corrected chi connectivity index (χ1v) is 9.60. The molecule has 0 bridgehead atoms. The third-order valence-electron chi connectivity index (χ3n) is 4.17. The zero-order valence-electron chi connectivity index (χ0n) is 15.0. The van der Waals surface area contributed by atoms with Gasteiger partial charge in [-0.15, -0.1) is 0 Å². The molecule has 0 aliphatic rings. The van der Waals surface area contributed by atoms with Gasteiger partial charge in [-0.1, -0.05) is 31.2 Å². The Bertz CT molecular complexity index is 1010. The van der Waals surface area contributed by atoms with Gasteiger partial charge in [-0.05, 0) is 17.9 Å². The van der Waals surface area contributed by atoms with Crippen LogP contribution in [0, 0.1) is 10.1 Å². The van der Waals surface area contributed by atoms with Crippen LogP contribution in [0.1, 0.15) is 6.92 Å². The first-order valence-electron chi connectivity index (χ1n) is 8.44. The lowest BCUT2D eigenvalue weighted by molar-refractivity contribution is -0.383. The van der Waals surface area contributed by atoms with Crippen LogP contribution in [0.2, 0.25) is 0 Å². The molecule has 8 heteroatoms. The summed E-state index contributed by atoms with van der Waals surface area (Å²) in [6.45, 7) is 2.00. The summed E-state index contributed by atoms with van der Waals surface area (Å²) in [5, 5.41) is 15.9. The molecule has 0 radical (unpaired) electrons. The average molecular weight is 385 g/mol. The normalized spacial score (nSPS) is 12.1. The van der Waals surface area contributed by atoms with Gasteiger partial charge in [0.25, 0.3) is 5.69 Å². The quantitative estimate of drug-likeness (QED) is 0.284. The molecule has 3 rings (SSSR count). The molecule has 3 aromatic rings. The number of aromatic nitrogens is 1. The molecule has 0 saturated carbocycles. The maximum absolute atomic E-state index is 12.3. The van der Waals surface area contributed by atoms with Crippen molar-refractivity contribution in [3.63, 3.8) is 0 Å². The number of fused-ring (bicyclic) bond motifs is 2. The number of benzene rings is 2. The molecule has 0 saturated heterocycles.